The van der Waals surface area contributed by atoms with E-state index in [0.29, 0.717) is 22.9 Å². The summed E-state index contributed by atoms with van der Waals surface area (Å²) in [5.41, 5.74) is 7.92. The molecule has 0 aliphatic heterocycles. The van der Waals surface area contributed by atoms with E-state index < -0.39 is 5.91 Å². The molecular weight excluding hydrogens is 392 g/mol. The van der Waals surface area contributed by atoms with Crippen LogP contribution in [0, 0.1) is 34.5 Å². The van der Waals surface area contributed by atoms with Crippen LogP contribution in [0.15, 0.2) is 0 Å². The fourth-order valence-corrected chi connectivity index (χ4v) is 9.04. The lowest BCUT2D eigenvalue weighted by atomic mass is 9.49. The molecule has 0 saturated heterocycles. The summed E-state index contributed by atoms with van der Waals surface area (Å²) >= 11 is 1.60. The van der Waals surface area contributed by atoms with Crippen LogP contribution in [0.25, 0.3) is 0 Å². The van der Waals surface area contributed by atoms with Gasteiger partial charge < -0.3 is 11.1 Å². The zero-order chi connectivity index (χ0) is 21.3. The molecule has 0 unspecified atom stereocenters. The van der Waals surface area contributed by atoms with Crippen molar-refractivity contribution in [2.45, 2.75) is 85.0 Å². The van der Waals surface area contributed by atoms with Crippen LogP contribution in [0.3, 0.4) is 0 Å². The highest BCUT2D eigenvalue weighted by Crippen LogP contribution is 2.61. The highest BCUT2D eigenvalue weighted by atomic mass is 32.1. The van der Waals surface area contributed by atoms with Crippen molar-refractivity contribution in [3.63, 3.8) is 0 Å². The molecule has 4 saturated carbocycles. The SMILES string of the molecule is CC(C)(C)[C@H]1CCc2c(sc(NC(=O)CC34CC5CC(CC(C5)C3)C4)c2C(N)=O)C1. The Hall–Kier alpha value is -1.36. The molecule has 1 atom stereocenters. The number of rotatable bonds is 4. The van der Waals surface area contributed by atoms with E-state index in [-0.39, 0.29) is 16.7 Å². The second-order valence-corrected chi connectivity index (χ2v) is 13.1. The summed E-state index contributed by atoms with van der Waals surface area (Å²) in [6.45, 7) is 6.87. The summed E-state index contributed by atoms with van der Waals surface area (Å²) in [6, 6.07) is 0. The topological polar surface area (TPSA) is 72.2 Å². The van der Waals surface area contributed by atoms with Crippen molar-refractivity contribution < 1.29 is 9.59 Å². The molecule has 5 aliphatic carbocycles. The van der Waals surface area contributed by atoms with Crippen molar-refractivity contribution in [1.29, 1.82) is 0 Å². The third kappa shape index (κ3) is 3.61. The largest absolute Gasteiger partial charge is 0.365 e. The number of nitrogens with one attached hydrogen (secondary N) is 1. The number of anilines is 1. The third-order valence-electron chi connectivity index (χ3n) is 8.69. The van der Waals surface area contributed by atoms with Gasteiger partial charge in [0.15, 0.2) is 0 Å². The highest BCUT2D eigenvalue weighted by molar-refractivity contribution is 7.17. The second-order valence-electron chi connectivity index (χ2n) is 12.0. The molecule has 1 aromatic rings. The Kier molecular flexibility index (Phi) is 4.85. The number of carbonyl (C=O) groups excluding carboxylic acids is 2. The molecule has 1 heterocycles. The van der Waals surface area contributed by atoms with Crippen LogP contribution in [0.4, 0.5) is 5.00 Å². The van der Waals surface area contributed by atoms with E-state index in [1.807, 2.05) is 0 Å². The molecule has 5 aliphatic rings. The molecule has 0 aromatic carbocycles. The molecule has 4 nitrogen and oxygen atoms in total. The molecular formula is C25H36N2O2S. The predicted octanol–water partition coefficient (Wildman–Crippen LogP) is 5.54. The maximum atomic E-state index is 13.2. The standard InChI is InChI=1S/C25H36N2O2S/c1-24(2,3)17-4-5-18-19(9-17)30-23(21(18)22(26)29)27-20(28)13-25-10-14-6-15(11-25)8-16(7-14)12-25/h14-17H,4-13H2,1-3H3,(H2,26,29)(H,27,28)/t14?,15?,16?,17-,25?/m0/s1. The van der Waals surface area contributed by atoms with E-state index in [2.05, 4.69) is 26.1 Å². The Morgan fingerprint density at radius 3 is 2.23 bits per heavy atom. The van der Waals surface area contributed by atoms with Gasteiger partial charge in [-0.25, -0.2) is 0 Å². The van der Waals surface area contributed by atoms with Gasteiger partial charge in [0.05, 0.1) is 5.56 Å². The molecule has 0 spiro atoms. The summed E-state index contributed by atoms with van der Waals surface area (Å²) in [6.07, 6.45) is 11.4. The number of nitrogens with two attached hydrogens (primary N) is 1. The summed E-state index contributed by atoms with van der Waals surface area (Å²) in [7, 11) is 0. The van der Waals surface area contributed by atoms with Gasteiger partial charge in [0.1, 0.15) is 5.00 Å². The molecule has 4 bridgehead atoms. The van der Waals surface area contributed by atoms with Crippen molar-refractivity contribution in [2.24, 2.45) is 40.2 Å². The Labute approximate surface area is 184 Å². The van der Waals surface area contributed by atoms with Crippen LogP contribution in [0.1, 0.15) is 92.9 Å². The van der Waals surface area contributed by atoms with E-state index in [9.17, 15) is 9.59 Å². The van der Waals surface area contributed by atoms with Gasteiger partial charge in [0, 0.05) is 11.3 Å². The zero-order valence-electron chi connectivity index (χ0n) is 18.7. The van der Waals surface area contributed by atoms with Gasteiger partial charge in [-0.1, -0.05) is 20.8 Å². The van der Waals surface area contributed by atoms with E-state index in [0.717, 1.165) is 42.6 Å². The fraction of sp³-hybridized carbons (Fsp3) is 0.760. The maximum absolute atomic E-state index is 13.2. The van der Waals surface area contributed by atoms with Crippen LogP contribution in [0.2, 0.25) is 0 Å². The average molecular weight is 429 g/mol. The van der Waals surface area contributed by atoms with Gasteiger partial charge in [0.2, 0.25) is 5.91 Å². The smallest absolute Gasteiger partial charge is 0.251 e. The fourth-order valence-electron chi connectivity index (χ4n) is 7.69. The van der Waals surface area contributed by atoms with E-state index in [4.69, 9.17) is 5.73 Å². The first kappa shape index (κ1) is 20.5. The molecule has 6 rings (SSSR count). The predicted molar refractivity (Wildman–Crippen MR) is 122 cm³/mol. The van der Waals surface area contributed by atoms with Gasteiger partial charge in [-0.2, -0.15) is 0 Å². The van der Waals surface area contributed by atoms with Crippen molar-refractivity contribution in [2.75, 3.05) is 5.32 Å². The Balaban J connectivity index is 1.34. The van der Waals surface area contributed by atoms with Gasteiger partial charge >= 0.3 is 0 Å². The van der Waals surface area contributed by atoms with Gasteiger partial charge in [0.25, 0.3) is 5.91 Å². The molecule has 4 fully saturated rings. The molecule has 3 N–H and O–H groups in total. The number of hydrogen-bond donors (Lipinski definition) is 2. The lowest BCUT2D eigenvalue weighted by Gasteiger charge is -2.56. The van der Waals surface area contributed by atoms with E-state index in [1.165, 1.54) is 43.4 Å². The molecule has 1 aromatic heterocycles. The first-order valence-electron chi connectivity index (χ1n) is 11.9. The summed E-state index contributed by atoms with van der Waals surface area (Å²) in [5.74, 6) is 2.81. The van der Waals surface area contributed by atoms with Crippen molar-refractivity contribution in [3.8, 4) is 0 Å². The number of amides is 2. The van der Waals surface area contributed by atoms with Crippen LogP contribution in [-0.2, 0) is 17.6 Å². The number of hydrogen-bond acceptors (Lipinski definition) is 3. The van der Waals surface area contributed by atoms with Gasteiger partial charge in [-0.15, -0.1) is 11.3 Å². The maximum Gasteiger partial charge on any atom is 0.251 e. The van der Waals surface area contributed by atoms with Crippen LogP contribution in [0.5, 0.6) is 0 Å². The van der Waals surface area contributed by atoms with Crippen LogP contribution >= 0.6 is 11.3 Å². The van der Waals surface area contributed by atoms with Crippen molar-refractivity contribution >= 4 is 28.2 Å². The third-order valence-corrected chi connectivity index (χ3v) is 9.86. The number of thiophene rings is 1. The minimum atomic E-state index is -0.396. The minimum absolute atomic E-state index is 0.0884. The average Bonchev–Trinajstić information content (AvgIpc) is 2.95. The lowest BCUT2D eigenvalue weighted by Crippen LogP contribution is -2.47. The normalized spacial score (nSPS) is 34.6. The molecule has 0 radical (unpaired) electrons. The summed E-state index contributed by atoms with van der Waals surface area (Å²) < 4.78 is 0. The molecule has 5 heteroatoms. The van der Waals surface area contributed by atoms with Crippen molar-refractivity contribution in [1.82, 2.24) is 0 Å². The Morgan fingerprint density at radius 1 is 1.10 bits per heavy atom. The molecule has 30 heavy (non-hydrogen) atoms. The lowest BCUT2D eigenvalue weighted by molar-refractivity contribution is -0.124. The van der Waals surface area contributed by atoms with Gasteiger partial charge in [-0.3, -0.25) is 9.59 Å². The van der Waals surface area contributed by atoms with Crippen LogP contribution in [-0.4, -0.2) is 11.8 Å². The van der Waals surface area contributed by atoms with Crippen LogP contribution < -0.4 is 11.1 Å². The number of primary amides is 1. The highest BCUT2D eigenvalue weighted by Gasteiger charge is 2.51. The first-order valence-corrected chi connectivity index (χ1v) is 12.7. The second kappa shape index (κ2) is 7.08. The van der Waals surface area contributed by atoms with E-state index >= 15 is 0 Å². The first-order chi connectivity index (χ1) is 14.1. The molecule has 2 amide bonds. The quantitative estimate of drug-likeness (QED) is 0.660. The number of carbonyl (C=O) groups is 2. The van der Waals surface area contributed by atoms with Gasteiger partial charge in [-0.05, 0) is 97.9 Å². The number of fused-ring (bicyclic) bond motifs is 1. The Bertz CT molecular complexity index is 843. The van der Waals surface area contributed by atoms with E-state index in [1.54, 1.807) is 11.3 Å². The Morgan fingerprint density at radius 2 is 1.70 bits per heavy atom. The minimum Gasteiger partial charge on any atom is -0.365 e. The zero-order valence-corrected chi connectivity index (χ0v) is 19.5. The monoisotopic (exact) mass is 428 g/mol. The van der Waals surface area contributed by atoms with Crippen molar-refractivity contribution in [3.05, 3.63) is 16.0 Å². The molecule has 164 valence electrons. The summed E-state index contributed by atoms with van der Waals surface area (Å²) in [4.78, 5) is 26.7. The summed E-state index contributed by atoms with van der Waals surface area (Å²) in [5, 5.41) is 3.86.